The van der Waals surface area contributed by atoms with Crippen molar-refractivity contribution < 1.29 is 4.79 Å². The molecule has 0 aliphatic carbocycles. The monoisotopic (exact) mass is 348 g/mol. The van der Waals surface area contributed by atoms with Crippen molar-refractivity contribution in [1.29, 1.82) is 0 Å². The molecular formula is C23H28N2O. The molecule has 0 bridgehead atoms. The van der Waals surface area contributed by atoms with Gasteiger partial charge in [-0.2, -0.15) is 0 Å². The van der Waals surface area contributed by atoms with Gasteiger partial charge >= 0.3 is 0 Å². The zero-order chi connectivity index (χ0) is 18.4. The molecule has 1 unspecified atom stereocenters. The summed E-state index contributed by atoms with van der Waals surface area (Å²) in [6, 6.07) is 18.9. The van der Waals surface area contributed by atoms with Crippen molar-refractivity contribution in [1.82, 2.24) is 5.32 Å². The zero-order valence-electron chi connectivity index (χ0n) is 15.5. The Bertz CT molecular complexity index is 716. The molecular weight excluding hydrogens is 320 g/mol. The maximum Gasteiger partial charge on any atom is 0.228 e. The van der Waals surface area contributed by atoms with E-state index < -0.39 is 0 Å². The molecule has 0 radical (unpaired) electrons. The Morgan fingerprint density at radius 1 is 1.15 bits per heavy atom. The fourth-order valence-corrected chi connectivity index (χ4v) is 3.83. The first-order valence-electron chi connectivity index (χ1n) is 9.44. The summed E-state index contributed by atoms with van der Waals surface area (Å²) in [5.41, 5.74) is 3.68. The number of aryl methyl sites for hydroxylation is 1. The molecule has 3 nitrogen and oxygen atoms in total. The highest BCUT2D eigenvalue weighted by Crippen LogP contribution is 2.34. The van der Waals surface area contributed by atoms with Crippen molar-refractivity contribution in [3.05, 3.63) is 78.4 Å². The number of carbonyl (C=O) groups excluding carboxylic acids is 1. The van der Waals surface area contributed by atoms with E-state index in [-0.39, 0.29) is 11.8 Å². The molecule has 0 aromatic heterocycles. The topological polar surface area (TPSA) is 32.3 Å². The molecule has 3 heteroatoms. The molecule has 2 aromatic carbocycles. The minimum absolute atomic E-state index is 0.0867. The van der Waals surface area contributed by atoms with Crippen LogP contribution in [0.15, 0.2) is 67.3 Å². The summed E-state index contributed by atoms with van der Waals surface area (Å²) in [7, 11) is 0. The summed E-state index contributed by atoms with van der Waals surface area (Å²) in [6.45, 7) is 8.32. The van der Waals surface area contributed by atoms with Crippen molar-refractivity contribution in [3.63, 3.8) is 0 Å². The van der Waals surface area contributed by atoms with Crippen LogP contribution in [-0.2, 0) is 4.79 Å². The Morgan fingerprint density at radius 3 is 2.42 bits per heavy atom. The number of anilines is 1. The number of amides is 1. The number of nitrogens with one attached hydrogen (secondary N) is 1. The van der Waals surface area contributed by atoms with E-state index in [1.54, 1.807) is 6.08 Å². The fraction of sp³-hybridized carbons (Fsp3) is 0.348. The summed E-state index contributed by atoms with van der Waals surface area (Å²) in [4.78, 5) is 15.2. The van der Waals surface area contributed by atoms with E-state index in [4.69, 9.17) is 0 Å². The van der Waals surface area contributed by atoms with Crippen LogP contribution in [0.5, 0.6) is 0 Å². The van der Waals surface area contributed by atoms with Crippen molar-refractivity contribution >= 4 is 11.6 Å². The normalized spacial score (nSPS) is 16.1. The van der Waals surface area contributed by atoms with Gasteiger partial charge in [-0.05, 0) is 43.4 Å². The van der Waals surface area contributed by atoms with E-state index in [9.17, 15) is 4.79 Å². The van der Waals surface area contributed by atoms with Gasteiger partial charge in [-0.3, -0.25) is 4.79 Å². The quantitative estimate of drug-likeness (QED) is 0.790. The molecule has 1 aliphatic rings. The molecule has 1 heterocycles. The van der Waals surface area contributed by atoms with Crippen LogP contribution < -0.4 is 10.2 Å². The number of carbonyl (C=O) groups is 1. The summed E-state index contributed by atoms with van der Waals surface area (Å²) in [5, 5.41) is 3.01. The van der Waals surface area contributed by atoms with E-state index >= 15 is 0 Å². The molecule has 1 aliphatic heterocycles. The Kier molecular flexibility index (Phi) is 6.11. The number of hydrogen-bond acceptors (Lipinski definition) is 2. The van der Waals surface area contributed by atoms with Crippen LogP contribution in [0.2, 0.25) is 0 Å². The van der Waals surface area contributed by atoms with Crippen molar-refractivity contribution in [2.75, 3.05) is 24.5 Å². The highest BCUT2D eigenvalue weighted by molar-refractivity contribution is 5.84. The number of hydrogen-bond donors (Lipinski definition) is 1. The van der Waals surface area contributed by atoms with E-state index in [0.29, 0.717) is 12.5 Å². The SMILES string of the molecule is C=CCNC(=O)C(c1ccccc1)C1CCN(c2ccc(C)cc2)CC1. The average Bonchev–Trinajstić information content (AvgIpc) is 2.69. The number of nitrogens with zero attached hydrogens (tertiary/aromatic N) is 1. The molecule has 1 fully saturated rings. The largest absolute Gasteiger partial charge is 0.372 e. The van der Waals surface area contributed by atoms with Crippen LogP contribution in [0.4, 0.5) is 5.69 Å². The van der Waals surface area contributed by atoms with Crippen molar-refractivity contribution in [3.8, 4) is 0 Å². The maximum atomic E-state index is 12.8. The van der Waals surface area contributed by atoms with Crippen LogP contribution in [0.25, 0.3) is 0 Å². The summed E-state index contributed by atoms with van der Waals surface area (Å²) in [5.74, 6) is 0.394. The Balaban J connectivity index is 1.71. The average molecular weight is 348 g/mol. The molecule has 1 atom stereocenters. The van der Waals surface area contributed by atoms with Crippen LogP contribution in [0.1, 0.15) is 29.9 Å². The van der Waals surface area contributed by atoms with Crippen molar-refractivity contribution in [2.45, 2.75) is 25.7 Å². The fourth-order valence-electron chi connectivity index (χ4n) is 3.83. The summed E-state index contributed by atoms with van der Waals surface area (Å²) >= 11 is 0. The van der Waals surface area contributed by atoms with Gasteiger partial charge in [0.1, 0.15) is 0 Å². The van der Waals surface area contributed by atoms with E-state index in [0.717, 1.165) is 31.5 Å². The van der Waals surface area contributed by atoms with Crippen LogP contribution in [0, 0.1) is 12.8 Å². The van der Waals surface area contributed by atoms with E-state index in [1.165, 1.54) is 11.3 Å². The first-order valence-corrected chi connectivity index (χ1v) is 9.44. The Morgan fingerprint density at radius 2 is 1.81 bits per heavy atom. The van der Waals surface area contributed by atoms with Crippen LogP contribution in [-0.4, -0.2) is 25.5 Å². The van der Waals surface area contributed by atoms with Gasteiger partial charge in [-0.25, -0.2) is 0 Å². The van der Waals surface area contributed by atoms with Gasteiger partial charge in [0.15, 0.2) is 0 Å². The van der Waals surface area contributed by atoms with E-state index in [1.807, 2.05) is 18.2 Å². The smallest absolute Gasteiger partial charge is 0.228 e. The Hall–Kier alpha value is -2.55. The first-order chi connectivity index (χ1) is 12.7. The third-order valence-electron chi connectivity index (χ3n) is 5.27. The maximum absolute atomic E-state index is 12.8. The standard InChI is InChI=1S/C23H28N2O/c1-3-15-24-23(26)22(19-7-5-4-6-8-19)20-13-16-25(17-14-20)21-11-9-18(2)10-12-21/h3-12,20,22H,1,13-17H2,2H3,(H,24,26). The van der Waals surface area contributed by atoms with Gasteiger partial charge in [-0.15, -0.1) is 6.58 Å². The molecule has 1 N–H and O–H groups in total. The van der Waals surface area contributed by atoms with Crippen molar-refractivity contribution in [2.24, 2.45) is 5.92 Å². The lowest BCUT2D eigenvalue weighted by molar-refractivity contribution is -0.123. The number of benzene rings is 2. The molecule has 1 saturated heterocycles. The third-order valence-corrected chi connectivity index (χ3v) is 5.27. The number of rotatable bonds is 6. The lowest BCUT2D eigenvalue weighted by Crippen LogP contribution is -2.40. The van der Waals surface area contributed by atoms with Gasteiger partial charge in [0.25, 0.3) is 0 Å². The molecule has 2 aromatic rings. The van der Waals surface area contributed by atoms with E-state index in [2.05, 4.69) is 60.1 Å². The first kappa shape index (κ1) is 18.2. The number of piperidine rings is 1. The lowest BCUT2D eigenvalue weighted by Gasteiger charge is -2.37. The van der Waals surface area contributed by atoms with Gasteiger partial charge < -0.3 is 10.2 Å². The van der Waals surface area contributed by atoms with Gasteiger partial charge in [0.05, 0.1) is 5.92 Å². The third kappa shape index (κ3) is 4.34. The summed E-state index contributed by atoms with van der Waals surface area (Å²) < 4.78 is 0. The lowest BCUT2D eigenvalue weighted by atomic mass is 9.79. The van der Waals surface area contributed by atoms with Gasteiger partial charge in [0, 0.05) is 25.3 Å². The van der Waals surface area contributed by atoms with Crippen LogP contribution >= 0.6 is 0 Å². The van der Waals surface area contributed by atoms with Gasteiger partial charge in [0.2, 0.25) is 5.91 Å². The molecule has 136 valence electrons. The summed E-state index contributed by atoms with van der Waals surface area (Å²) in [6.07, 6.45) is 3.78. The minimum Gasteiger partial charge on any atom is -0.372 e. The molecule has 0 spiro atoms. The molecule has 3 rings (SSSR count). The predicted octanol–water partition coefficient (Wildman–Crippen LogP) is 4.30. The predicted molar refractivity (Wildman–Crippen MR) is 109 cm³/mol. The Labute approximate surface area is 156 Å². The second kappa shape index (κ2) is 8.70. The highest BCUT2D eigenvalue weighted by atomic mass is 16.1. The minimum atomic E-state index is -0.0867. The molecule has 0 saturated carbocycles. The highest BCUT2D eigenvalue weighted by Gasteiger charge is 2.32. The van der Waals surface area contributed by atoms with Crippen LogP contribution in [0.3, 0.4) is 0 Å². The zero-order valence-corrected chi connectivity index (χ0v) is 15.5. The molecule has 26 heavy (non-hydrogen) atoms. The molecule has 1 amide bonds. The van der Waals surface area contributed by atoms with Gasteiger partial charge in [-0.1, -0.05) is 54.1 Å². The second-order valence-corrected chi connectivity index (χ2v) is 7.08. The second-order valence-electron chi connectivity index (χ2n) is 7.08.